The number of rotatable bonds is 5. The van der Waals surface area contributed by atoms with Gasteiger partial charge in [-0.2, -0.15) is 5.10 Å². The van der Waals surface area contributed by atoms with Crippen LogP contribution in [0.5, 0.6) is 0 Å². The molecular weight excluding hydrogens is 214 g/mol. The molecule has 1 aromatic rings. The topological polar surface area (TPSA) is 53.1 Å². The third-order valence-electron chi connectivity index (χ3n) is 2.39. The number of aromatic nitrogens is 2. The van der Waals surface area contributed by atoms with E-state index in [1.165, 1.54) is 0 Å². The highest BCUT2D eigenvalue weighted by atomic mass is 16.5. The molecule has 17 heavy (non-hydrogen) atoms. The maximum atomic E-state index is 6.02. The molecule has 98 valence electrons. The van der Waals surface area contributed by atoms with Crippen molar-refractivity contribution in [1.29, 1.82) is 0 Å². The van der Waals surface area contributed by atoms with Crippen molar-refractivity contribution in [3.8, 4) is 0 Å². The standard InChI is InChI=1S/C13H25N3O/c1-10(2)16-7-6-12(15-16)8-11(14)9-17-13(3,4)5/h6-7,10-11H,8-9,14H2,1-5H3. The van der Waals surface area contributed by atoms with Crippen LogP contribution in [0.4, 0.5) is 0 Å². The van der Waals surface area contributed by atoms with Crippen molar-refractivity contribution >= 4 is 0 Å². The molecule has 0 aliphatic heterocycles. The summed E-state index contributed by atoms with van der Waals surface area (Å²) < 4.78 is 7.61. The van der Waals surface area contributed by atoms with Gasteiger partial charge in [-0.1, -0.05) is 0 Å². The second kappa shape index (κ2) is 5.65. The Balaban J connectivity index is 2.42. The van der Waals surface area contributed by atoms with Gasteiger partial charge in [0.1, 0.15) is 0 Å². The highest BCUT2D eigenvalue weighted by Gasteiger charge is 2.14. The molecule has 0 saturated carbocycles. The van der Waals surface area contributed by atoms with E-state index in [1.807, 2.05) is 37.7 Å². The maximum absolute atomic E-state index is 6.02. The summed E-state index contributed by atoms with van der Waals surface area (Å²) >= 11 is 0. The molecule has 1 heterocycles. The second-order valence-corrected chi connectivity index (χ2v) is 5.77. The van der Waals surface area contributed by atoms with Crippen LogP contribution in [-0.2, 0) is 11.2 Å². The van der Waals surface area contributed by atoms with Crippen LogP contribution in [0.1, 0.15) is 46.4 Å². The molecule has 0 amide bonds. The zero-order valence-corrected chi connectivity index (χ0v) is 11.6. The van der Waals surface area contributed by atoms with E-state index >= 15 is 0 Å². The molecular formula is C13H25N3O. The van der Waals surface area contributed by atoms with Gasteiger partial charge in [0.05, 0.1) is 17.9 Å². The van der Waals surface area contributed by atoms with Crippen LogP contribution in [0.2, 0.25) is 0 Å². The van der Waals surface area contributed by atoms with Crippen LogP contribution >= 0.6 is 0 Å². The first kappa shape index (κ1) is 14.2. The number of hydrogen-bond acceptors (Lipinski definition) is 3. The summed E-state index contributed by atoms with van der Waals surface area (Å²) in [5, 5.41) is 4.48. The summed E-state index contributed by atoms with van der Waals surface area (Å²) in [5.74, 6) is 0. The largest absolute Gasteiger partial charge is 0.374 e. The van der Waals surface area contributed by atoms with Gasteiger partial charge in [0.15, 0.2) is 0 Å². The quantitative estimate of drug-likeness (QED) is 0.856. The summed E-state index contributed by atoms with van der Waals surface area (Å²) in [6.07, 6.45) is 2.76. The smallest absolute Gasteiger partial charge is 0.0641 e. The second-order valence-electron chi connectivity index (χ2n) is 5.77. The van der Waals surface area contributed by atoms with Gasteiger partial charge in [-0.15, -0.1) is 0 Å². The first-order chi connectivity index (χ1) is 7.78. The van der Waals surface area contributed by atoms with Gasteiger partial charge < -0.3 is 10.5 Å². The van der Waals surface area contributed by atoms with E-state index < -0.39 is 0 Å². The van der Waals surface area contributed by atoms with Crippen LogP contribution < -0.4 is 5.73 Å². The van der Waals surface area contributed by atoms with Gasteiger partial charge >= 0.3 is 0 Å². The van der Waals surface area contributed by atoms with Crippen LogP contribution in [0, 0.1) is 0 Å². The fraction of sp³-hybridized carbons (Fsp3) is 0.769. The Labute approximate surface area is 104 Å². The molecule has 0 aliphatic carbocycles. The lowest BCUT2D eigenvalue weighted by Crippen LogP contribution is -2.33. The van der Waals surface area contributed by atoms with E-state index in [0.717, 1.165) is 12.1 Å². The molecule has 1 rings (SSSR count). The van der Waals surface area contributed by atoms with Crippen molar-refractivity contribution in [2.75, 3.05) is 6.61 Å². The Morgan fingerprint density at radius 1 is 1.41 bits per heavy atom. The molecule has 4 heteroatoms. The third kappa shape index (κ3) is 5.33. The Bertz CT molecular complexity index is 339. The Hall–Kier alpha value is -0.870. The molecule has 0 aromatic carbocycles. The van der Waals surface area contributed by atoms with Gasteiger partial charge in [-0.3, -0.25) is 4.68 Å². The van der Waals surface area contributed by atoms with E-state index in [-0.39, 0.29) is 11.6 Å². The lowest BCUT2D eigenvalue weighted by atomic mass is 10.1. The molecule has 1 aromatic heterocycles. The average Bonchev–Trinajstić information content (AvgIpc) is 2.62. The van der Waals surface area contributed by atoms with Crippen molar-refractivity contribution in [2.45, 2.75) is 58.7 Å². The van der Waals surface area contributed by atoms with Crippen LogP contribution in [-0.4, -0.2) is 28.0 Å². The predicted octanol–water partition coefficient (Wildman–Crippen LogP) is 2.15. The van der Waals surface area contributed by atoms with Crippen LogP contribution in [0.15, 0.2) is 12.3 Å². The SMILES string of the molecule is CC(C)n1ccc(CC(N)COC(C)(C)C)n1. The van der Waals surface area contributed by atoms with Gasteiger partial charge in [-0.25, -0.2) is 0 Å². The van der Waals surface area contributed by atoms with E-state index in [9.17, 15) is 0 Å². The molecule has 0 saturated heterocycles. The normalized spacial score (nSPS) is 14.3. The van der Waals surface area contributed by atoms with Crippen LogP contribution in [0.25, 0.3) is 0 Å². The monoisotopic (exact) mass is 239 g/mol. The van der Waals surface area contributed by atoms with Gasteiger partial charge in [0, 0.05) is 24.7 Å². The first-order valence-electron chi connectivity index (χ1n) is 6.21. The molecule has 4 nitrogen and oxygen atoms in total. The summed E-state index contributed by atoms with van der Waals surface area (Å²) in [6.45, 7) is 10.9. The fourth-order valence-corrected chi connectivity index (χ4v) is 1.46. The Morgan fingerprint density at radius 2 is 2.06 bits per heavy atom. The van der Waals surface area contributed by atoms with Crippen molar-refractivity contribution in [2.24, 2.45) is 5.73 Å². The summed E-state index contributed by atoms with van der Waals surface area (Å²) in [4.78, 5) is 0. The lowest BCUT2D eigenvalue weighted by Gasteiger charge is -2.22. The fourth-order valence-electron chi connectivity index (χ4n) is 1.46. The molecule has 0 aliphatic rings. The Kier molecular flexibility index (Phi) is 4.71. The van der Waals surface area contributed by atoms with Gasteiger partial charge in [-0.05, 0) is 40.7 Å². The number of ether oxygens (including phenoxy) is 1. The zero-order valence-electron chi connectivity index (χ0n) is 11.6. The summed E-state index contributed by atoms with van der Waals surface area (Å²) in [5.41, 5.74) is 6.93. The molecule has 1 unspecified atom stereocenters. The molecule has 0 radical (unpaired) electrons. The highest BCUT2D eigenvalue weighted by molar-refractivity contribution is 5.01. The first-order valence-corrected chi connectivity index (χ1v) is 6.21. The van der Waals surface area contributed by atoms with E-state index in [4.69, 9.17) is 10.5 Å². The minimum Gasteiger partial charge on any atom is -0.374 e. The van der Waals surface area contributed by atoms with Gasteiger partial charge in [0.25, 0.3) is 0 Å². The van der Waals surface area contributed by atoms with Crippen molar-refractivity contribution in [1.82, 2.24) is 9.78 Å². The van der Waals surface area contributed by atoms with Crippen molar-refractivity contribution in [3.63, 3.8) is 0 Å². The predicted molar refractivity (Wildman–Crippen MR) is 70.0 cm³/mol. The lowest BCUT2D eigenvalue weighted by molar-refractivity contribution is -0.00993. The van der Waals surface area contributed by atoms with Crippen LogP contribution in [0.3, 0.4) is 0 Å². The highest BCUT2D eigenvalue weighted by Crippen LogP contribution is 2.09. The van der Waals surface area contributed by atoms with Crippen molar-refractivity contribution < 1.29 is 4.74 Å². The molecule has 1 atom stereocenters. The number of nitrogens with two attached hydrogens (primary N) is 1. The summed E-state index contributed by atoms with van der Waals surface area (Å²) in [6, 6.07) is 2.42. The van der Waals surface area contributed by atoms with E-state index in [0.29, 0.717) is 12.6 Å². The molecule has 0 bridgehead atoms. The van der Waals surface area contributed by atoms with Gasteiger partial charge in [0.2, 0.25) is 0 Å². The molecule has 0 fully saturated rings. The summed E-state index contributed by atoms with van der Waals surface area (Å²) in [7, 11) is 0. The maximum Gasteiger partial charge on any atom is 0.0641 e. The third-order valence-corrected chi connectivity index (χ3v) is 2.39. The Morgan fingerprint density at radius 3 is 2.53 bits per heavy atom. The number of hydrogen-bond donors (Lipinski definition) is 1. The zero-order chi connectivity index (χ0) is 13.1. The molecule has 2 N–H and O–H groups in total. The minimum atomic E-state index is -0.130. The van der Waals surface area contributed by atoms with E-state index in [2.05, 4.69) is 18.9 Å². The minimum absolute atomic E-state index is 0.00439. The number of nitrogens with zero attached hydrogens (tertiary/aromatic N) is 2. The molecule has 0 spiro atoms. The van der Waals surface area contributed by atoms with Crippen molar-refractivity contribution in [3.05, 3.63) is 18.0 Å². The average molecular weight is 239 g/mol. The van der Waals surface area contributed by atoms with E-state index in [1.54, 1.807) is 0 Å².